The van der Waals surface area contributed by atoms with Crippen LogP contribution in [0.4, 0.5) is 5.69 Å². The molecule has 1 heterocycles. The van der Waals surface area contributed by atoms with Crippen LogP contribution >= 0.6 is 0 Å². The van der Waals surface area contributed by atoms with Crippen molar-refractivity contribution in [1.82, 2.24) is 9.55 Å². The fraction of sp³-hybridized carbons (Fsp3) is 0.182. The molecule has 2 aromatic rings. The Labute approximate surface area is 120 Å². The van der Waals surface area contributed by atoms with E-state index in [1.165, 1.54) is 6.07 Å². The van der Waals surface area contributed by atoms with Crippen molar-refractivity contribution >= 4 is 15.7 Å². The summed E-state index contributed by atoms with van der Waals surface area (Å²) in [5, 5.41) is 15.7. The van der Waals surface area contributed by atoms with Gasteiger partial charge >= 0.3 is 0 Å². The third-order valence-corrected chi connectivity index (χ3v) is 3.54. The highest BCUT2D eigenvalue weighted by atomic mass is 32.2. The highest BCUT2D eigenvalue weighted by Crippen LogP contribution is 2.27. The predicted molar refractivity (Wildman–Crippen MR) is 72.2 cm³/mol. The van der Waals surface area contributed by atoms with Gasteiger partial charge in [-0.1, -0.05) is 0 Å². The van der Waals surface area contributed by atoms with Crippen molar-refractivity contribution in [1.29, 1.82) is 0 Å². The molecule has 0 aliphatic heterocycles. The van der Waals surface area contributed by atoms with Crippen LogP contribution in [-0.4, -0.2) is 29.5 Å². The number of ether oxygens (including phenoxy) is 1. The fourth-order valence-electron chi connectivity index (χ4n) is 1.63. The molecule has 0 saturated heterocycles. The van der Waals surface area contributed by atoms with Crippen LogP contribution in [-0.2, 0) is 16.6 Å². The first-order valence-corrected chi connectivity index (χ1v) is 7.32. The van der Waals surface area contributed by atoms with Gasteiger partial charge in [0.15, 0.2) is 0 Å². The Bertz CT molecular complexity index is 742. The van der Waals surface area contributed by atoms with E-state index in [2.05, 4.69) is 4.98 Å². The molecule has 21 heavy (non-hydrogen) atoms. The van der Waals surface area contributed by atoms with Crippen molar-refractivity contribution in [3.05, 3.63) is 47.0 Å². The normalized spacial score (nSPS) is 11.3. The zero-order valence-corrected chi connectivity index (χ0v) is 11.6. The summed E-state index contributed by atoms with van der Waals surface area (Å²) in [5.41, 5.74) is -0.374. The third-order valence-electron chi connectivity index (χ3n) is 2.61. The maximum absolute atomic E-state index is 11.5. The van der Waals surface area contributed by atoms with Crippen molar-refractivity contribution in [2.24, 2.45) is 5.14 Å². The van der Waals surface area contributed by atoms with Gasteiger partial charge in [-0.3, -0.25) is 10.1 Å². The molecule has 0 fully saturated rings. The van der Waals surface area contributed by atoms with Crippen molar-refractivity contribution < 1.29 is 18.1 Å². The molecule has 10 heteroatoms. The van der Waals surface area contributed by atoms with Crippen LogP contribution in [0.3, 0.4) is 0 Å². The molecule has 0 amide bonds. The molecule has 0 aliphatic rings. The Morgan fingerprint density at radius 2 is 2.19 bits per heavy atom. The van der Waals surface area contributed by atoms with Gasteiger partial charge in [0, 0.05) is 24.5 Å². The van der Waals surface area contributed by atoms with Gasteiger partial charge < -0.3 is 9.30 Å². The number of benzene rings is 1. The lowest BCUT2D eigenvalue weighted by Gasteiger charge is -2.10. The van der Waals surface area contributed by atoms with Crippen LogP contribution in [0.5, 0.6) is 5.75 Å². The minimum atomic E-state index is -4.12. The number of primary sulfonamides is 1. The van der Waals surface area contributed by atoms with Gasteiger partial charge in [-0.2, -0.15) is 0 Å². The molecule has 0 atom stereocenters. The van der Waals surface area contributed by atoms with Crippen LogP contribution in [0.2, 0.25) is 0 Å². The Morgan fingerprint density at radius 3 is 2.76 bits per heavy atom. The number of rotatable bonds is 6. The van der Waals surface area contributed by atoms with Crippen LogP contribution < -0.4 is 9.88 Å². The molecule has 0 unspecified atom stereocenters. The number of aromatic nitrogens is 2. The second-order valence-electron chi connectivity index (χ2n) is 4.08. The first-order valence-electron chi connectivity index (χ1n) is 5.78. The minimum absolute atomic E-state index is 0.0248. The lowest BCUT2D eigenvalue weighted by molar-refractivity contribution is -0.385. The summed E-state index contributed by atoms with van der Waals surface area (Å²) >= 11 is 0. The van der Waals surface area contributed by atoms with E-state index in [9.17, 15) is 18.5 Å². The molecule has 2 N–H and O–H groups in total. The summed E-state index contributed by atoms with van der Waals surface area (Å²) in [6.45, 7) is 0.609. The van der Waals surface area contributed by atoms with Gasteiger partial charge in [-0.05, 0) is 6.07 Å². The van der Waals surface area contributed by atoms with Gasteiger partial charge in [-0.25, -0.2) is 18.5 Å². The Balaban J connectivity index is 2.20. The van der Waals surface area contributed by atoms with Crippen LogP contribution in [0, 0.1) is 10.1 Å². The molecule has 0 saturated carbocycles. The molecule has 0 spiro atoms. The lowest BCUT2D eigenvalue weighted by atomic mass is 10.3. The van der Waals surface area contributed by atoms with Crippen LogP contribution in [0.1, 0.15) is 0 Å². The summed E-state index contributed by atoms with van der Waals surface area (Å²) in [7, 11) is -4.12. The number of nitro benzene ring substituents is 1. The second-order valence-corrected chi connectivity index (χ2v) is 5.61. The molecule has 1 aromatic heterocycles. The van der Waals surface area contributed by atoms with E-state index >= 15 is 0 Å². The van der Waals surface area contributed by atoms with Crippen LogP contribution in [0.15, 0.2) is 41.8 Å². The zero-order valence-electron chi connectivity index (χ0n) is 10.7. The van der Waals surface area contributed by atoms with Gasteiger partial charge in [0.1, 0.15) is 17.3 Å². The Kier molecular flexibility index (Phi) is 4.19. The molecular formula is C11H12N4O5S. The quantitative estimate of drug-likeness (QED) is 0.611. The molecule has 2 rings (SSSR count). The maximum Gasteiger partial charge on any atom is 0.271 e. The van der Waals surface area contributed by atoms with Crippen LogP contribution in [0.25, 0.3) is 0 Å². The second kappa shape index (κ2) is 5.89. The van der Waals surface area contributed by atoms with E-state index in [0.29, 0.717) is 6.54 Å². The number of hydrogen-bond donors (Lipinski definition) is 1. The van der Waals surface area contributed by atoms with Crippen molar-refractivity contribution in [2.45, 2.75) is 11.4 Å². The van der Waals surface area contributed by atoms with E-state index < -0.39 is 19.8 Å². The number of nitrogens with zero attached hydrogens (tertiary/aromatic N) is 3. The van der Waals surface area contributed by atoms with Crippen molar-refractivity contribution in [2.75, 3.05) is 6.61 Å². The molecule has 112 valence electrons. The number of sulfonamides is 1. The molecule has 0 radical (unpaired) electrons. The summed E-state index contributed by atoms with van der Waals surface area (Å²) in [4.78, 5) is 13.4. The topological polar surface area (TPSA) is 130 Å². The Morgan fingerprint density at radius 1 is 1.43 bits per heavy atom. The smallest absolute Gasteiger partial charge is 0.271 e. The number of imidazole rings is 1. The fourth-order valence-corrected chi connectivity index (χ4v) is 2.32. The van der Waals surface area contributed by atoms with E-state index in [1.807, 2.05) is 0 Å². The van der Waals surface area contributed by atoms with E-state index in [-0.39, 0.29) is 18.0 Å². The highest BCUT2D eigenvalue weighted by Gasteiger charge is 2.20. The summed E-state index contributed by atoms with van der Waals surface area (Å²) in [5.74, 6) is -0.0248. The molecule has 0 bridgehead atoms. The average Bonchev–Trinajstić information content (AvgIpc) is 2.90. The number of nitrogens with two attached hydrogens (primary N) is 1. The summed E-state index contributed by atoms with van der Waals surface area (Å²) in [6, 6.07) is 3.24. The van der Waals surface area contributed by atoms with Gasteiger partial charge in [-0.15, -0.1) is 0 Å². The summed E-state index contributed by atoms with van der Waals surface area (Å²) in [6.07, 6.45) is 4.90. The third kappa shape index (κ3) is 3.77. The number of hydrogen-bond acceptors (Lipinski definition) is 6. The lowest BCUT2D eigenvalue weighted by Crippen LogP contribution is -2.15. The largest absolute Gasteiger partial charge is 0.490 e. The molecule has 0 aliphatic carbocycles. The van der Waals surface area contributed by atoms with Gasteiger partial charge in [0.05, 0.1) is 17.8 Å². The SMILES string of the molecule is NS(=O)(=O)c1cc([N+](=O)[O-])ccc1OCCn1ccnc1. The molecule has 9 nitrogen and oxygen atoms in total. The first kappa shape index (κ1) is 14.9. The predicted octanol–water partition coefficient (Wildman–Crippen LogP) is 0.518. The number of non-ortho nitro benzene ring substituents is 1. The van der Waals surface area contributed by atoms with Crippen molar-refractivity contribution in [3.63, 3.8) is 0 Å². The molecular weight excluding hydrogens is 300 g/mol. The van der Waals surface area contributed by atoms with Gasteiger partial charge in [0.25, 0.3) is 5.69 Å². The van der Waals surface area contributed by atoms with Crippen molar-refractivity contribution in [3.8, 4) is 5.75 Å². The number of nitro groups is 1. The minimum Gasteiger partial charge on any atom is -0.490 e. The standard InChI is InChI=1S/C11H12N4O5S/c12-21(18,19)11-7-9(15(16)17)1-2-10(11)20-6-5-14-4-3-13-8-14/h1-4,7-8H,5-6H2,(H2,12,18,19). The monoisotopic (exact) mass is 312 g/mol. The van der Waals surface area contributed by atoms with Gasteiger partial charge in [0.2, 0.25) is 10.0 Å². The van der Waals surface area contributed by atoms with E-state index in [4.69, 9.17) is 9.88 Å². The van der Waals surface area contributed by atoms with E-state index in [0.717, 1.165) is 12.1 Å². The zero-order chi connectivity index (χ0) is 15.5. The first-order chi connectivity index (χ1) is 9.88. The summed E-state index contributed by atoms with van der Waals surface area (Å²) < 4.78 is 30.0. The Hall–Kier alpha value is -2.46. The maximum atomic E-state index is 11.5. The average molecular weight is 312 g/mol. The highest BCUT2D eigenvalue weighted by molar-refractivity contribution is 7.89. The molecule has 1 aromatic carbocycles. The van der Waals surface area contributed by atoms with E-state index in [1.54, 1.807) is 23.3 Å².